The fourth-order valence-electron chi connectivity index (χ4n) is 4.70. The Kier molecular flexibility index (Phi) is 8.48. The molecule has 0 bridgehead atoms. The predicted octanol–water partition coefficient (Wildman–Crippen LogP) is 7.13. The molecule has 1 aromatic rings. The fourth-order valence-corrected chi connectivity index (χ4v) is 6.02. The Bertz CT molecular complexity index is 1050. The van der Waals surface area contributed by atoms with E-state index in [1.807, 2.05) is 33.8 Å². The second-order valence-electron chi connectivity index (χ2n) is 11.3. The molecule has 2 unspecified atom stereocenters. The first-order valence-electron chi connectivity index (χ1n) is 12.6. The van der Waals surface area contributed by atoms with E-state index in [4.69, 9.17) is 9.47 Å². The number of carbonyl (C=O) groups is 2. The van der Waals surface area contributed by atoms with Gasteiger partial charge in [0.2, 0.25) is 5.91 Å². The minimum absolute atomic E-state index is 0.0686. The molecule has 1 N–H and O–H groups in total. The van der Waals surface area contributed by atoms with Gasteiger partial charge in [-0.1, -0.05) is 32.1 Å². The van der Waals surface area contributed by atoms with E-state index < -0.39 is 11.7 Å². The Hall–Kier alpha value is -2.18. The van der Waals surface area contributed by atoms with Crippen LogP contribution < -0.4 is 5.32 Å². The van der Waals surface area contributed by atoms with Crippen LogP contribution in [0, 0.1) is 12.3 Å². The Balaban J connectivity index is 2.12. The van der Waals surface area contributed by atoms with E-state index in [1.54, 1.807) is 11.3 Å². The maximum atomic E-state index is 13.2. The summed E-state index contributed by atoms with van der Waals surface area (Å²) >= 11 is 1.75. The molecule has 192 valence electrons. The second-order valence-corrected chi connectivity index (χ2v) is 12.6. The van der Waals surface area contributed by atoms with Crippen molar-refractivity contribution in [3.8, 4) is 0 Å². The molecule has 2 atom stereocenters. The van der Waals surface area contributed by atoms with Gasteiger partial charge in [-0.3, -0.25) is 4.79 Å². The van der Waals surface area contributed by atoms with Crippen LogP contribution in [-0.2, 0) is 19.1 Å². The molecular weight excluding hydrogens is 458 g/mol. The number of allylic oxidation sites excluding steroid dienone is 5. The number of hydrogen-bond acceptors (Lipinski definition) is 5. The van der Waals surface area contributed by atoms with Crippen molar-refractivity contribution in [3.05, 3.63) is 50.9 Å². The maximum absolute atomic E-state index is 13.2. The van der Waals surface area contributed by atoms with Gasteiger partial charge in [-0.25, -0.2) is 4.79 Å². The van der Waals surface area contributed by atoms with Gasteiger partial charge in [-0.15, -0.1) is 11.3 Å². The van der Waals surface area contributed by atoms with Crippen molar-refractivity contribution in [2.24, 2.45) is 5.41 Å². The molecule has 0 fully saturated rings. The third-order valence-electron chi connectivity index (χ3n) is 6.44. The normalized spacial score (nSPS) is 20.6. The molecule has 35 heavy (non-hydrogen) atoms. The average molecular weight is 500 g/mol. The molecule has 0 radical (unpaired) electrons. The number of esters is 1. The van der Waals surface area contributed by atoms with Crippen LogP contribution in [0.25, 0.3) is 5.57 Å². The summed E-state index contributed by atoms with van der Waals surface area (Å²) in [6, 6.07) is 0. The van der Waals surface area contributed by atoms with E-state index in [2.05, 4.69) is 44.3 Å². The van der Waals surface area contributed by atoms with Crippen molar-refractivity contribution in [1.82, 2.24) is 5.32 Å². The van der Waals surface area contributed by atoms with Crippen LogP contribution in [0.1, 0.15) is 107 Å². The molecule has 0 spiro atoms. The van der Waals surface area contributed by atoms with Crippen molar-refractivity contribution in [2.75, 3.05) is 6.61 Å². The number of ether oxygens (including phenoxy) is 2. The second kappa shape index (κ2) is 10.8. The van der Waals surface area contributed by atoms with Crippen molar-refractivity contribution < 1.29 is 19.1 Å². The third kappa shape index (κ3) is 6.95. The molecule has 1 amide bonds. The Morgan fingerprint density at radius 1 is 1.26 bits per heavy atom. The molecule has 0 saturated heterocycles. The van der Waals surface area contributed by atoms with Crippen LogP contribution in [0.4, 0.5) is 0 Å². The van der Waals surface area contributed by atoms with Gasteiger partial charge >= 0.3 is 5.97 Å². The number of rotatable bonds is 7. The number of carbonyl (C=O) groups excluding carboxylic acids is 2. The van der Waals surface area contributed by atoms with Gasteiger partial charge in [0.25, 0.3) is 0 Å². The largest absolute Gasteiger partial charge is 0.464 e. The zero-order valence-electron chi connectivity index (χ0n) is 22.5. The maximum Gasteiger partial charge on any atom is 0.340 e. The summed E-state index contributed by atoms with van der Waals surface area (Å²) in [5.74, 6) is -0.228. The van der Waals surface area contributed by atoms with Gasteiger partial charge in [-0.05, 0) is 82.9 Å². The van der Waals surface area contributed by atoms with E-state index in [0.29, 0.717) is 6.61 Å². The molecule has 0 aliphatic heterocycles. The Morgan fingerprint density at radius 2 is 1.97 bits per heavy atom. The lowest BCUT2D eigenvalue weighted by atomic mass is 9.75. The number of nitrogens with one attached hydrogen (secondary N) is 1. The summed E-state index contributed by atoms with van der Waals surface area (Å²) in [4.78, 5) is 27.0. The first-order chi connectivity index (χ1) is 16.3. The molecule has 0 aromatic carbocycles. The van der Waals surface area contributed by atoms with Gasteiger partial charge in [0, 0.05) is 33.9 Å². The lowest BCUT2D eigenvalue weighted by molar-refractivity contribution is -0.166. The van der Waals surface area contributed by atoms with Gasteiger partial charge in [0.05, 0.1) is 12.2 Å². The SMILES string of the molecule is CCOC(=O)C(OC(C)(C)C)c1c(C)sc(C2C=CC(NC(C)=O)=CC2)c1C1=CCC(C)(C)CC1. The summed E-state index contributed by atoms with van der Waals surface area (Å²) in [6.45, 7) is 16.3. The van der Waals surface area contributed by atoms with Gasteiger partial charge < -0.3 is 14.8 Å². The minimum Gasteiger partial charge on any atom is -0.464 e. The van der Waals surface area contributed by atoms with Crippen molar-refractivity contribution in [3.63, 3.8) is 0 Å². The highest BCUT2D eigenvalue weighted by atomic mass is 32.1. The predicted molar refractivity (Wildman–Crippen MR) is 143 cm³/mol. The number of hydrogen-bond donors (Lipinski definition) is 1. The lowest BCUT2D eigenvalue weighted by Crippen LogP contribution is -2.29. The molecule has 2 aliphatic rings. The molecule has 5 nitrogen and oxygen atoms in total. The van der Waals surface area contributed by atoms with E-state index in [0.717, 1.165) is 47.4 Å². The topological polar surface area (TPSA) is 64.6 Å². The molecule has 1 heterocycles. The monoisotopic (exact) mass is 499 g/mol. The van der Waals surface area contributed by atoms with Crippen LogP contribution in [0.3, 0.4) is 0 Å². The minimum atomic E-state index is -0.774. The Morgan fingerprint density at radius 3 is 2.49 bits per heavy atom. The smallest absolute Gasteiger partial charge is 0.340 e. The highest BCUT2D eigenvalue weighted by Crippen LogP contribution is 2.48. The highest BCUT2D eigenvalue weighted by molar-refractivity contribution is 7.12. The van der Waals surface area contributed by atoms with Crippen molar-refractivity contribution >= 4 is 28.8 Å². The quantitative estimate of drug-likeness (QED) is 0.405. The third-order valence-corrected chi connectivity index (χ3v) is 7.70. The van der Waals surface area contributed by atoms with Crippen molar-refractivity contribution in [2.45, 2.75) is 98.7 Å². The fraction of sp³-hybridized carbons (Fsp3) is 0.586. The van der Waals surface area contributed by atoms with E-state index in [-0.39, 0.29) is 23.2 Å². The number of thiophene rings is 1. The number of aryl methyl sites for hydroxylation is 1. The summed E-state index contributed by atoms with van der Waals surface area (Å²) in [6.07, 6.45) is 11.7. The highest BCUT2D eigenvalue weighted by Gasteiger charge is 2.37. The van der Waals surface area contributed by atoms with Crippen molar-refractivity contribution in [1.29, 1.82) is 0 Å². The summed E-state index contributed by atoms with van der Waals surface area (Å²) < 4.78 is 11.9. The molecule has 1 aromatic heterocycles. The zero-order chi connectivity index (χ0) is 26.0. The molecule has 3 rings (SSSR count). The zero-order valence-corrected chi connectivity index (χ0v) is 23.4. The van der Waals surface area contributed by atoms with Crippen LogP contribution in [0.5, 0.6) is 0 Å². The Labute approximate surface area is 214 Å². The lowest BCUT2D eigenvalue weighted by Gasteiger charge is -2.31. The van der Waals surface area contributed by atoms with E-state index >= 15 is 0 Å². The first kappa shape index (κ1) is 27.4. The van der Waals surface area contributed by atoms with E-state index in [9.17, 15) is 9.59 Å². The van der Waals surface area contributed by atoms with Gasteiger partial charge in [-0.2, -0.15) is 0 Å². The standard InChI is InChI=1S/C29H41NO4S/c1-9-33-27(32)25(34-28(4,5)6)23-18(2)35-26(21-10-12-22(13-11-21)30-19(3)31)24(23)20-14-16-29(7,8)17-15-20/h10,12-14,21,25H,9,11,15-17H2,1-8H3,(H,30,31). The molecule has 0 saturated carbocycles. The summed E-state index contributed by atoms with van der Waals surface area (Å²) in [5.41, 5.74) is 4.02. The average Bonchev–Trinajstić information content (AvgIpc) is 3.08. The van der Waals surface area contributed by atoms with Crippen LogP contribution in [0.2, 0.25) is 0 Å². The van der Waals surface area contributed by atoms with E-state index in [1.165, 1.54) is 17.4 Å². The molecule has 2 aliphatic carbocycles. The summed E-state index contributed by atoms with van der Waals surface area (Å²) in [5, 5.41) is 2.88. The van der Waals surface area contributed by atoms with Crippen LogP contribution >= 0.6 is 11.3 Å². The van der Waals surface area contributed by atoms with Crippen LogP contribution in [-0.4, -0.2) is 24.1 Å². The molecular formula is C29H41NO4S. The summed E-state index contributed by atoms with van der Waals surface area (Å²) in [7, 11) is 0. The van der Waals surface area contributed by atoms with Gasteiger partial charge in [0.1, 0.15) is 0 Å². The first-order valence-corrected chi connectivity index (χ1v) is 13.5. The van der Waals surface area contributed by atoms with Gasteiger partial charge in [0.15, 0.2) is 6.10 Å². The molecule has 6 heteroatoms. The van der Waals surface area contributed by atoms with Crippen LogP contribution in [0.15, 0.2) is 30.0 Å². The number of amides is 1.